The maximum Gasteiger partial charge on any atom is 0.472 e. The topological polar surface area (TPSA) is 108 Å². The maximum absolute atomic E-state index is 12.8. The van der Waals surface area contributed by atoms with Crippen LogP contribution in [0.2, 0.25) is 0 Å². The van der Waals surface area contributed by atoms with Gasteiger partial charge >= 0.3 is 19.8 Å². The standard InChI is InChI=1S/C62H106NO8P/c1-6-8-10-12-14-16-18-20-22-24-26-28-29-30-31-32-33-35-37-39-41-43-45-47-49-51-53-55-62(65)71-60(59-70-72(66,67)69-57-56-63(3,4)5)58-68-61(64)54-52-50-48-46-44-42-40-38-36-34-27-25-23-21-19-17-15-13-11-9-7-2/h8,10,14,16,19-22,25-28,30-31,33,35,39,41,60H,6-7,9,11-13,15,17-18,23-24,29,32,34,36-38,40,42-59H2,1-5H3/p+1/b10-8-,16-14-,21-19-,22-20-,27-25-,28-26-,31-30-,35-33-,41-39-. The van der Waals surface area contributed by atoms with Gasteiger partial charge in [0.25, 0.3) is 0 Å². The minimum Gasteiger partial charge on any atom is -0.462 e. The molecule has 0 bridgehead atoms. The van der Waals surface area contributed by atoms with Crippen LogP contribution in [0.3, 0.4) is 0 Å². The number of unbranched alkanes of at least 4 members (excludes halogenated alkanes) is 19. The van der Waals surface area contributed by atoms with Crippen LogP contribution in [-0.2, 0) is 32.7 Å². The summed E-state index contributed by atoms with van der Waals surface area (Å²) < 4.78 is 34.5. The summed E-state index contributed by atoms with van der Waals surface area (Å²) in [6, 6.07) is 0. The van der Waals surface area contributed by atoms with E-state index in [0.29, 0.717) is 17.4 Å². The molecule has 0 aliphatic carbocycles. The number of carbonyl (C=O) groups is 2. The second kappa shape index (κ2) is 52.5. The van der Waals surface area contributed by atoms with Gasteiger partial charge in [-0.3, -0.25) is 18.6 Å². The average Bonchev–Trinajstić information content (AvgIpc) is 3.34. The van der Waals surface area contributed by atoms with E-state index in [1.54, 1.807) is 0 Å². The van der Waals surface area contributed by atoms with Gasteiger partial charge < -0.3 is 18.9 Å². The van der Waals surface area contributed by atoms with Crippen LogP contribution in [0.5, 0.6) is 0 Å². The van der Waals surface area contributed by atoms with Gasteiger partial charge in [0, 0.05) is 12.8 Å². The summed E-state index contributed by atoms with van der Waals surface area (Å²) >= 11 is 0. The van der Waals surface area contributed by atoms with Gasteiger partial charge in [-0.2, -0.15) is 0 Å². The highest BCUT2D eigenvalue weighted by Gasteiger charge is 2.27. The molecule has 0 saturated heterocycles. The van der Waals surface area contributed by atoms with Crippen molar-refractivity contribution in [1.29, 1.82) is 0 Å². The molecule has 1 N–H and O–H groups in total. The maximum atomic E-state index is 12.8. The first-order valence-corrected chi connectivity index (χ1v) is 30.1. The molecule has 0 aromatic carbocycles. The lowest BCUT2D eigenvalue weighted by Gasteiger charge is -2.24. The van der Waals surface area contributed by atoms with Crippen molar-refractivity contribution < 1.29 is 42.1 Å². The molecule has 0 radical (unpaired) electrons. The number of ether oxygens (including phenoxy) is 2. The molecule has 0 aliphatic rings. The summed E-state index contributed by atoms with van der Waals surface area (Å²) in [4.78, 5) is 35.7. The molecular weight excluding hydrogens is 918 g/mol. The van der Waals surface area contributed by atoms with Gasteiger partial charge in [0.1, 0.15) is 19.8 Å². The van der Waals surface area contributed by atoms with Gasteiger partial charge in [0.15, 0.2) is 6.10 Å². The van der Waals surface area contributed by atoms with Crippen molar-refractivity contribution >= 4 is 19.8 Å². The average molecular weight is 1030 g/mol. The number of allylic oxidation sites excluding steroid dienone is 18. The van der Waals surface area contributed by atoms with Crippen molar-refractivity contribution in [3.05, 3.63) is 109 Å². The third-order valence-electron chi connectivity index (χ3n) is 11.8. The molecule has 0 fully saturated rings. The number of phosphoric ester groups is 1. The highest BCUT2D eigenvalue weighted by atomic mass is 31.2. The number of rotatable bonds is 51. The Morgan fingerprint density at radius 3 is 1.18 bits per heavy atom. The Morgan fingerprint density at radius 1 is 0.444 bits per heavy atom. The number of carbonyl (C=O) groups excluding carboxylic acids is 2. The minimum atomic E-state index is -4.40. The Labute approximate surface area is 442 Å². The van der Waals surface area contributed by atoms with Gasteiger partial charge in [-0.05, 0) is 103 Å². The molecule has 412 valence electrons. The quantitative estimate of drug-likeness (QED) is 0.0211. The molecule has 0 aliphatic heterocycles. The Bertz CT molecular complexity index is 1580. The third-order valence-corrected chi connectivity index (χ3v) is 12.8. The third kappa shape index (κ3) is 56.0. The number of nitrogens with zero attached hydrogens (tertiary/aromatic N) is 1. The second-order valence-corrected chi connectivity index (χ2v) is 21.4. The number of phosphoric acid groups is 1. The fourth-order valence-corrected chi connectivity index (χ4v) is 8.12. The number of quaternary nitrogens is 1. The number of esters is 2. The van der Waals surface area contributed by atoms with Crippen LogP contribution < -0.4 is 0 Å². The first-order valence-electron chi connectivity index (χ1n) is 28.6. The number of hydrogen-bond donors (Lipinski definition) is 1. The monoisotopic (exact) mass is 1020 g/mol. The molecule has 0 rings (SSSR count). The van der Waals surface area contributed by atoms with Gasteiger partial charge in [0.05, 0.1) is 27.7 Å². The lowest BCUT2D eigenvalue weighted by Crippen LogP contribution is -2.37. The molecule has 0 heterocycles. The summed E-state index contributed by atoms with van der Waals surface area (Å²) in [6.07, 6.45) is 72.9. The fourth-order valence-electron chi connectivity index (χ4n) is 7.38. The normalized spacial score (nSPS) is 14.1. The van der Waals surface area contributed by atoms with E-state index < -0.39 is 26.5 Å². The van der Waals surface area contributed by atoms with Crippen molar-refractivity contribution in [3.8, 4) is 0 Å². The highest BCUT2D eigenvalue weighted by Crippen LogP contribution is 2.43. The molecule has 0 saturated carbocycles. The Kier molecular flexibility index (Phi) is 50.1. The second-order valence-electron chi connectivity index (χ2n) is 19.9. The van der Waals surface area contributed by atoms with Gasteiger partial charge in [-0.1, -0.05) is 213 Å². The highest BCUT2D eigenvalue weighted by molar-refractivity contribution is 7.47. The van der Waals surface area contributed by atoms with Crippen LogP contribution in [0.25, 0.3) is 0 Å². The molecular formula is C62H107NO8P+. The molecule has 9 nitrogen and oxygen atoms in total. The van der Waals surface area contributed by atoms with E-state index in [4.69, 9.17) is 18.5 Å². The summed E-state index contributed by atoms with van der Waals surface area (Å²) in [5, 5.41) is 0. The summed E-state index contributed by atoms with van der Waals surface area (Å²) in [5.74, 6) is -0.830. The SMILES string of the molecule is CC/C=C\C/C=C\C/C=C\C/C=C\C/C=C\C/C=C\C/C=C\CCCCCCCC(=O)OC(COC(=O)CCCCCCCCCCC/C=C\C/C=C\CCCCCCC)COP(=O)(O)OCC[N+](C)(C)C. The lowest BCUT2D eigenvalue weighted by molar-refractivity contribution is -0.870. The summed E-state index contributed by atoms with van der Waals surface area (Å²) in [6.45, 7) is 4.27. The Balaban J connectivity index is 4.28. The van der Waals surface area contributed by atoms with E-state index in [1.807, 2.05) is 21.1 Å². The fraction of sp³-hybridized carbons (Fsp3) is 0.677. The van der Waals surface area contributed by atoms with Crippen LogP contribution in [0, 0.1) is 0 Å². The molecule has 0 aromatic heterocycles. The van der Waals surface area contributed by atoms with E-state index in [1.165, 1.54) is 70.6 Å². The van der Waals surface area contributed by atoms with Crippen LogP contribution in [-0.4, -0.2) is 74.9 Å². The van der Waals surface area contributed by atoms with Crippen molar-refractivity contribution in [2.45, 2.75) is 225 Å². The molecule has 2 unspecified atom stereocenters. The van der Waals surface area contributed by atoms with E-state index in [2.05, 4.69) is 123 Å². The van der Waals surface area contributed by atoms with Gasteiger partial charge in [-0.25, -0.2) is 4.57 Å². The van der Waals surface area contributed by atoms with Crippen LogP contribution in [0.15, 0.2) is 109 Å². The molecule has 0 aromatic rings. The molecule has 72 heavy (non-hydrogen) atoms. The molecule has 0 spiro atoms. The van der Waals surface area contributed by atoms with Crippen molar-refractivity contribution in [1.82, 2.24) is 0 Å². The zero-order chi connectivity index (χ0) is 52.7. The van der Waals surface area contributed by atoms with Crippen LogP contribution in [0.4, 0.5) is 0 Å². The van der Waals surface area contributed by atoms with Gasteiger partial charge in [0.2, 0.25) is 0 Å². The summed E-state index contributed by atoms with van der Waals surface area (Å²) in [7, 11) is 1.45. The molecule has 2 atom stereocenters. The smallest absolute Gasteiger partial charge is 0.462 e. The number of likely N-dealkylation sites (N-methyl/N-ethyl adjacent to an activating group) is 1. The zero-order valence-corrected chi connectivity index (χ0v) is 47.5. The van der Waals surface area contributed by atoms with Crippen molar-refractivity contribution in [2.24, 2.45) is 0 Å². The largest absolute Gasteiger partial charge is 0.472 e. The first-order chi connectivity index (χ1) is 35.0. The van der Waals surface area contributed by atoms with Gasteiger partial charge in [-0.15, -0.1) is 0 Å². The molecule has 10 heteroatoms. The van der Waals surface area contributed by atoms with E-state index in [9.17, 15) is 19.0 Å². The van der Waals surface area contributed by atoms with Crippen molar-refractivity contribution in [2.75, 3.05) is 47.5 Å². The zero-order valence-electron chi connectivity index (χ0n) is 46.6. The van der Waals surface area contributed by atoms with Crippen LogP contribution in [0.1, 0.15) is 219 Å². The Hall–Kier alpha value is -3.33. The first kappa shape index (κ1) is 68.7. The predicted molar refractivity (Wildman–Crippen MR) is 307 cm³/mol. The van der Waals surface area contributed by atoms with E-state index >= 15 is 0 Å². The van der Waals surface area contributed by atoms with Crippen LogP contribution >= 0.6 is 7.82 Å². The van der Waals surface area contributed by atoms with E-state index in [-0.39, 0.29) is 32.0 Å². The summed E-state index contributed by atoms with van der Waals surface area (Å²) in [5.41, 5.74) is 0. The minimum absolute atomic E-state index is 0.0208. The van der Waals surface area contributed by atoms with E-state index in [0.717, 1.165) is 116 Å². The number of hydrogen-bond acceptors (Lipinski definition) is 7. The molecule has 0 amide bonds. The predicted octanol–water partition coefficient (Wildman–Crippen LogP) is 17.8. The lowest BCUT2D eigenvalue weighted by atomic mass is 10.1. The Morgan fingerprint density at radius 2 is 0.792 bits per heavy atom. The van der Waals surface area contributed by atoms with Crippen molar-refractivity contribution in [3.63, 3.8) is 0 Å².